The highest BCUT2D eigenvalue weighted by molar-refractivity contribution is 6.00. The summed E-state index contributed by atoms with van der Waals surface area (Å²) in [5.74, 6) is -0.185. The Kier molecular flexibility index (Phi) is 6.27. The minimum Gasteiger partial charge on any atom is -0.495 e. The molecule has 4 heterocycles. The van der Waals surface area contributed by atoms with E-state index in [1.807, 2.05) is 41.9 Å². The Morgan fingerprint density at radius 3 is 2.63 bits per heavy atom. The van der Waals surface area contributed by atoms with Crippen molar-refractivity contribution in [1.29, 1.82) is 0 Å². The number of aryl methyl sites for hydroxylation is 1. The molecule has 0 aliphatic carbocycles. The van der Waals surface area contributed by atoms with E-state index in [0.29, 0.717) is 39.4 Å². The second kappa shape index (κ2) is 10.1. The summed E-state index contributed by atoms with van der Waals surface area (Å²) in [6, 6.07) is 18.5. The minimum absolute atomic E-state index is 0.0833. The van der Waals surface area contributed by atoms with Crippen LogP contribution in [0.25, 0.3) is 38.9 Å². The van der Waals surface area contributed by atoms with E-state index in [4.69, 9.17) is 21.3 Å². The van der Waals surface area contributed by atoms with Crippen molar-refractivity contribution < 1.29 is 14.3 Å². The largest absolute Gasteiger partial charge is 0.495 e. The Hall–Kier alpha value is -5.78. The van der Waals surface area contributed by atoms with Gasteiger partial charge >= 0.3 is 0 Å². The van der Waals surface area contributed by atoms with Crippen molar-refractivity contribution in [2.24, 2.45) is 12.8 Å². The van der Waals surface area contributed by atoms with E-state index in [9.17, 15) is 9.59 Å². The summed E-state index contributed by atoms with van der Waals surface area (Å²) in [6.45, 7) is 0. The number of para-hydroxylation sites is 1. The van der Waals surface area contributed by atoms with Gasteiger partial charge in [0.2, 0.25) is 5.91 Å². The smallest absolute Gasteiger partial charge is 0.267 e. The first-order valence-electron chi connectivity index (χ1n) is 12.6. The number of amides is 2. The second-order valence-corrected chi connectivity index (χ2v) is 9.37. The molecule has 204 valence electrons. The van der Waals surface area contributed by atoms with Gasteiger partial charge in [0, 0.05) is 30.0 Å². The molecule has 0 aliphatic rings. The van der Waals surface area contributed by atoms with Crippen molar-refractivity contribution >= 4 is 45.3 Å². The van der Waals surface area contributed by atoms with E-state index in [-0.39, 0.29) is 23.8 Å². The lowest BCUT2D eigenvalue weighted by molar-refractivity contribution is -0.115. The summed E-state index contributed by atoms with van der Waals surface area (Å²) in [4.78, 5) is 37.3. The topological polar surface area (TPSA) is 169 Å². The van der Waals surface area contributed by atoms with Crippen LogP contribution in [0.15, 0.2) is 73.2 Å². The Morgan fingerprint density at radius 2 is 1.85 bits per heavy atom. The number of hydrogen-bond donors (Lipinski definition) is 3. The lowest BCUT2D eigenvalue weighted by Crippen LogP contribution is -2.16. The van der Waals surface area contributed by atoms with E-state index in [2.05, 4.69) is 20.3 Å². The molecule has 2 amide bonds. The van der Waals surface area contributed by atoms with Gasteiger partial charge in [-0.1, -0.05) is 24.3 Å². The fraction of sp³-hybridized carbons (Fsp3) is 0.103. The van der Waals surface area contributed by atoms with Crippen molar-refractivity contribution in [3.05, 3.63) is 84.6 Å². The molecular formula is C29H25N9O3. The van der Waals surface area contributed by atoms with Gasteiger partial charge in [-0.25, -0.2) is 14.6 Å². The molecule has 2 aromatic carbocycles. The number of primary amides is 1. The number of fused-ring (bicyclic) bond motifs is 2. The fourth-order valence-corrected chi connectivity index (χ4v) is 4.86. The molecule has 0 spiro atoms. The second-order valence-electron chi connectivity index (χ2n) is 9.37. The zero-order valence-electron chi connectivity index (χ0n) is 22.2. The number of benzene rings is 2. The van der Waals surface area contributed by atoms with Gasteiger partial charge in [-0.15, -0.1) is 0 Å². The Labute approximate surface area is 233 Å². The summed E-state index contributed by atoms with van der Waals surface area (Å²) in [5, 5.41) is 9.30. The molecule has 0 atom stereocenters. The number of pyridine rings is 1. The molecule has 0 radical (unpaired) electrons. The SMILES string of the molecule is COc1cc(-c2nn(-c3ccnc(C(N)=O)c3)c3ncnc(N)c23)ccc1NC(=O)Cc1cc2ccccc2n1C. The van der Waals surface area contributed by atoms with Gasteiger partial charge < -0.3 is 26.1 Å². The van der Waals surface area contributed by atoms with Gasteiger partial charge in [-0.3, -0.25) is 14.6 Å². The Bertz CT molecular complexity index is 1980. The third-order valence-corrected chi connectivity index (χ3v) is 6.88. The molecule has 12 nitrogen and oxygen atoms in total. The van der Waals surface area contributed by atoms with E-state index >= 15 is 0 Å². The molecule has 0 bridgehead atoms. The molecule has 0 saturated carbocycles. The van der Waals surface area contributed by atoms with Crippen molar-refractivity contribution in [3.8, 4) is 22.7 Å². The van der Waals surface area contributed by atoms with Gasteiger partial charge in [-0.05, 0) is 41.8 Å². The molecule has 5 N–H and O–H groups in total. The maximum Gasteiger partial charge on any atom is 0.267 e. The molecule has 4 aromatic heterocycles. The lowest BCUT2D eigenvalue weighted by Gasteiger charge is -2.12. The zero-order chi connectivity index (χ0) is 28.7. The van der Waals surface area contributed by atoms with E-state index in [1.165, 1.54) is 25.7 Å². The average Bonchev–Trinajstić information content (AvgIpc) is 3.52. The number of anilines is 2. The Balaban J connectivity index is 1.34. The van der Waals surface area contributed by atoms with Gasteiger partial charge in [-0.2, -0.15) is 5.10 Å². The number of carbonyl (C=O) groups is 2. The van der Waals surface area contributed by atoms with Gasteiger partial charge in [0.1, 0.15) is 29.3 Å². The van der Waals surface area contributed by atoms with Crippen LogP contribution in [0, 0.1) is 0 Å². The predicted molar refractivity (Wildman–Crippen MR) is 155 cm³/mol. The molecule has 0 unspecified atom stereocenters. The van der Waals surface area contributed by atoms with Crippen LogP contribution in [0.2, 0.25) is 0 Å². The van der Waals surface area contributed by atoms with Crippen molar-refractivity contribution in [2.75, 3.05) is 18.2 Å². The van der Waals surface area contributed by atoms with Gasteiger partial charge in [0.05, 0.1) is 30.3 Å². The van der Waals surface area contributed by atoms with Crippen LogP contribution in [0.4, 0.5) is 11.5 Å². The molecule has 41 heavy (non-hydrogen) atoms. The standard InChI is InChI=1S/C29H25N9O3/c1-37-19(11-16-5-3-4-6-22(16)37)14-24(39)35-20-8-7-17(12-23(20)41-2)26-25-27(30)33-15-34-29(25)38(36-26)18-9-10-32-21(13-18)28(31)40/h3-13,15H,14H2,1-2H3,(H2,31,40)(H,35,39)(H2,30,33,34). The molecule has 0 aliphatic heterocycles. The average molecular weight is 548 g/mol. The number of hydrogen-bond acceptors (Lipinski definition) is 8. The monoisotopic (exact) mass is 547 g/mol. The van der Waals surface area contributed by atoms with Crippen LogP contribution in [0.5, 0.6) is 5.75 Å². The predicted octanol–water partition coefficient (Wildman–Crippen LogP) is 3.24. The van der Waals surface area contributed by atoms with E-state index in [0.717, 1.165) is 16.6 Å². The normalized spacial score (nSPS) is 11.2. The van der Waals surface area contributed by atoms with E-state index in [1.54, 1.807) is 28.9 Å². The van der Waals surface area contributed by atoms with Crippen molar-refractivity contribution in [2.45, 2.75) is 6.42 Å². The molecule has 12 heteroatoms. The third-order valence-electron chi connectivity index (χ3n) is 6.88. The molecule has 6 aromatic rings. The number of carbonyl (C=O) groups excluding carboxylic acids is 2. The summed E-state index contributed by atoms with van der Waals surface area (Å²) in [6.07, 6.45) is 2.99. The summed E-state index contributed by atoms with van der Waals surface area (Å²) < 4.78 is 9.19. The minimum atomic E-state index is -0.666. The highest BCUT2D eigenvalue weighted by Crippen LogP contribution is 2.36. The third kappa shape index (κ3) is 4.56. The fourth-order valence-electron chi connectivity index (χ4n) is 4.86. The molecule has 0 saturated heterocycles. The number of nitrogen functional groups attached to an aromatic ring is 1. The summed E-state index contributed by atoms with van der Waals surface area (Å²) >= 11 is 0. The van der Waals surface area contributed by atoms with Crippen LogP contribution in [-0.2, 0) is 18.3 Å². The first kappa shape index (κ1) is 25.5. The maximum atomic E-state index is 13.0. The number of nitrogens with two attached hydrogens (primary N) is 2. The van der Waals surface area contributed by atoms with Gasteiger partial charge in [0.15, 0.2) is 5.65 Å². The highest BCUT2D eigenvalue weighted by atomic mass is 16.5. The van der Waals surface area contributed by atoms with Crippen LogP contribution in [-0.4, -0.2) is 48.2 Å². The number of methoxy groups -OCH3 is 1. The number of rotatable bonds is 7. The number of nitrogens with zero attached hydrogens (tertiary/aromatic N) is 6. The summed E-state index contributed by atoms with van der Waals surface area (Å²) in [5.41, 5.74) is 16.3. The maximum absolute atomic E-state index is 13.0. The highest BCUT2D eigenvalue weighted by Gasteiger charge is 2.20. The number of aromatic nitrogens is 6. The summed E-state index contributed by atoms with van der Waals surface area (Å²) in [7, 11) is 3.47. The first-order chi connectivity index (χ1) is 19.8. The molecule has 0 fully saturated rings. The van der Waals surface area contributed by atoms with Crippen LogP contribution >= 0.6 is 0 Å². The Morgan fingerprint density at radius 1 is 1.02 bits per heavy atom. The number of nitrogens with one attached hydrogen (secondary N) is 1. The quantitative estimate of drug-likeness (QED) is 0.274. The van der Waals surface area contributed by atoms with Crippen molar-refractivity contribution in [3.63, 3.8) is 0 Å². The zero-order valence-corrected chi connectivity index (χ0v) is 22.2. The number of ether oxygens (including phenoxy) is 1. The van der Waals surface area contributed by atoms with Crippen LogP contribution < -0.4 is 21.5 Å². The van der Waals surface area contributed by atoms with E-state index < -0.39 is 5.91 Å². The molecule has 6 rings (SSSR count). The van der Waals surface area contributed by atoms with Crippen LogP contribution in [0.3, 0.4) is 0 Å². The molecular weight excluding hydrogens is 522 g/mol. The van der Waals surface area contributed by atoms with Crippen LogP contribution in [0.1, 0.15) is 16.2 Å². The first-order valence-corrected chi connectivity index (χ1v) is 12.6. The lowest BCUT2D eigenvalue weighted by atomic mass is 10.1. The van der Waals surface area contributed by atoms with Gasteiger partial charge in [0.25, 0.3) is 5.91 Å². The van der Waals surface area contributed by atoms with Crippen molar-refractivity contribution in [1.82, 2.24) is 29.3 Å².